The maximum absolute atomic E-state index is 13.3. The summed E-state index contributed by atoms with van der Waals surface area (Å²) in [7, 11) is 0. The van der Waals surface area contributed by atoms with Gasteiger partial charge in [-0.05, 0) is 41.1 Å². The van der Waals surface area contributed by atoms with Crippen LogP contribution in [0.4, 0.5) is 4.39 Å². The molecule has 0 saturated heterocycles. The zero-order chi connectivity index (χ0) is 15.2. The largest absolute Gasteiger partial charge is 0.207 e. The maximum Gasteiger partial charge on any atom is 0.124 e. The summed E-state index contributed by atoms with van der Waals surface area (Å²) in [5.74, 6) is -0.173. The minimum atomic E-state index is -0.173. The van der Waals surface area contributed by atoms with Crippen LogP contribution < -0.4 is 0 Å². The quantitative estimate of drug-likeness (QED) is 0.423. The highest BCUT2D eigenvalue weighted by molar-refractivity contribution is 9.09. The highest BCUT2D eigenvalue weighted by Crippen LogP contribution is 2.42. The average molecular weight is 383 g/mol. The monoisotopic (exact) mass is 382 g/mol. The number of hydrogen-bond donors (Lipinski definition) is 0. The van der Waals surface area contributed by atoms with E-state index >= 15 is 0 Å². The van der Waals surface area contributed by atoms with E-state index in [0.29, 0.717) is 0 Å². The van der Waals surface area contributed by atoms with Crippen LogP contribution in [0.15, 0.2) is 36.4 Å². The molecule has 1 aromatic carbocycles. The molecule has 2 aromatic heterocycles. The van der Waals surface area contributed by atoms with Crippen LogP contribution in [-0.2, 0) is 5.41 Å². The molecule has 0 aliphatic rings. The van der Waals surface area contributed by atoms with Gasteiger partial charge in [0, 0.05) is 19.3 Å². The highest BCUT2D eigenvalue weighted by atomic mass is 79.9. The number of fused-ring (bicyclic) bond motifs is 1. The topological polar surface area (TPSA) is 0 Å². The predicted octanol–water partition coefficient (Wildman–Crippen LogP) is 6.88. The molecular weight excluding hydrogens is 367 g/mol. The number of hydrogen-bond acceptors (Lipinski definition) is 2. The molecule has 0 bridgehead atoms. The Kier molecular flexibility index (Phi) is 3.97. The SMILES string of the molecule is CC(C)(C)c1ccc(C(Br)c2cc3ccc(F)cc3s2)s1. The van der Waals surface area contributed by atoms with Crippen LogP contribution >= 0.6 is 38.6 Å². The molecule has 3 aromatic rings. The van der Waals surface area contributed by atoms with Crippen molar-refractivity contribution in [2.24, 2.45) is 0 Å². The first-order valence-corrected chi connectivity index (χ1v) is 9.33. The van der Waals surface area contributed by atoms with Crippen LogP contribution in [0.3, 0.4) is 0 Å². The third kappa shape index (κ3) is 3.08. The van der Waals surface area contributed by atoms with Gasteiger partial charge >= 0.3 is 0 Å². The number of benzene rings is 1. The van der Waals surface area contributed by atoms with Crippen LogP contribution in [0.1, 0.15) is 40.2 Å². The second-order valence-corrected chi connectivity index (χ2v) is 9.29. The van der Waals surface area contributed by atoms with Gasteiger partial charge < -0.3 is 0 Å². The lowest BCUT2D eigenvalue weighted by molar-refractivity contribution is 0.604. The van der Waals surface area contributed by atoms with E-state index in [1.165, 1.54) is 20.7 Å². The molecule has 21 heavy (non-hydrogen) atoms. The fourth-order valence-electron chi connectivity index (χ4n) is 2.18. The molecule has 0 amide bonds. The van der Waals surface area contributed by atoms with Crippen LogP contribution in [0, 0.1) is 5.82 Å². The number of alkyl halides is 1. The molecule has 110 valence electrons. The fraction of sp³-hybridized carbons (Fsp3) is 0.294. The van der Waals surface area contributed by atoms with Crippen molar-refractivity contribution in [3.8, 4) is 0 Å². The Morgan fingerprint density at radius 1 is 1.00 bits per heavy atom. The van der Waals surface area contributed by atoms with Gasteiger partial charge in [0.1, 0.15) is 5.82 Å². The van der Waals surface area contributed by atoms with Crippen molar-refractivity contribution in [1.82, 2.24) is 0 Å². The first-order valence-electron chi connectivity index (χ1n) is 6.78. The summed E-state index contributed by atoms with van der Waals surface area (Å²) in [5.41, 5.74) is 0.179. The number of thiophene rings is 2. The van der Waals surface area contributed by atoms with Crippen molar-refractivity contribution in [2.45, 2.75) is 31.0 Å². The third-order valence-corrected chi connectivity index (χ3v) is 7.70. The highest BCUT2D eigenvalue weighted by Gasteiger charge is 2.20. The lowest BCUT2D eigenvalue weighted by Gasteiger charge is -2.15. The van der Waals surface area contributed by atoms with E-state index in [1.807, 2.05) is 17.4 Å². The minimum absolute atomic E-state index is 0.173. The van der Waals surface area contributed by atoms with Gasteiger partial charge in [-0.3, -0.25) is 0 Å². The molecule has 2 heterocycles. The molecule has 0 radical (unpaired) electrons. The standard InChI is InChI=1S/C17H16BrFS2/c1-17(2,3)15-7-6-12(21-15)16(18)14-8-10-4-5-11(19)9-13(10)20-14/h4-9,16H,1-3H3. The van der Waals surface area contributed by atoms with Gasteiger partial charge in [-0.1, -0.05) is 42.8 Å². The van der Waals surface area contributed by atoms with Crippen LogP contribution in [0.2, 0.25) is 0 Å². The summed E-state index contributed by atoms with van der Waals surface area (Å²) in [6, 6.07) is 11.5. The Hall–Kier alpha value is -0.710. The summed E-state index contributed by atoms with van der Waals surface area (Å²) >= 11 is 7.29. The average Bonchev–Trinajstić information content (AvgIpc) is 3.03. The summed E-state index contributed by atoms with van der Waals surface area (Å²) in [6.07, 6.45) is 0. The molecule has 0 N–H and O–H groups in total. The van der Waals surface area contributed by atoms with Crippen LogP contribution in [0.5, 0.6) is 0 Å². The van der Waals surface area contributed by atoms with Gasteiger partial charge in [-0.25, -0.2) is 4.39 Å². The van der Waals surface area contributed by atoms with E-state index < -0.39 is 0 Å². The van der Waals surface area contributed by atoms with Crippen molar-refractivity contribution in [3.63, 3.8) is 0 Å². The van der Waals surface area contributed by atoms with Crippen LogP contribution in [0.25, 0.3) is 10.1 Å². The Bertz CT molecular complexity index is 780. The van der Waals surface area contributed by atoms with E-state index in [2.05, 4.69) is 54.9 Å². The Morgan fingerprint density at radius 2 is 1.76 bits per heavy atom. The molecule has 0 aliphatic heterocycles. The van der Waals surface area contributed by atoms with Gasteiger partial charge in [0.15, 0.2) is 0 Å². The van der Waals surface area contributed by atoms with Gasteiger partial charge in [-0.15, -0.1) is 22.7 Å². The second-order valence-electron chi connectivity index (χ2n) is 6.15. The smallest absolute Gasteiger partial charge is 0.124 e. The lowest BCUT2D eigenvalue weighted by atomic mass is 9.95. The first-order chi connectivity index (χ1) is 9.84. The van der Waals surface area contributed by atoms with E-state index in [-0.39, 0.29) is 16.1 Å². The van der Waals surface area contributed by atoms with E-state index in [9.17, 15) is 4.39 Å². The Balaban J connectivity index is 1.96. The van der Waals surface area contributed by atoms with Gasteiger partial charge in [0.2, 0.25) is 0 Å². The van der Waals surface area contributed by atoms with Crippen molar-refractivity contribution in [3.05, 3.63) is 56.8 Å². The molecular formula is C17H16BrFS2. The molecule has 1 unspecified atom stereocenters. The molecule has 4 heteroatoms. The van der Waals surface area contributed by atoms with Crippen LogP contribution in [-0.4, -0.2) is 0 Å². The summed E-state index contributed by atoms with van der Waals surface area (Å²) in [4.78, 5) is 4.08. The number of halogens is 2. The zero-order valence-corrected chi connectivity index (χ0v) is 15.3. The number of rotatable bonds is 2. The molecule has 0 aliphatic carbocycles. The maximum atomic E-state index is 13.3. The van der Waals surface area contributed by atoms with E-state index in [1.54, 1.807) is 17.4 Å². The summed E-state index contributed by atoms with van der Waals surface area (Å²) < 4.78 is 14.3. The van der Waals surface area contributed by atoms with Gasteiger partial charge in [0.05, 0.1) is 4.83 Å². The molecule has 1 atom stereocenters. The van der Waals surface area contributed by atoms with E-state index in [0.717, 1.165) is 10.1 Å². The minimum Gasteiger partial charge on any atom is -0.207 e. The summed E-state index contributed by atoms with van der Waals surface area (Å²) in [5, 5.41) is 1.11. The Morgan fingerprint density at radius 3 is 2.43 bits per heavy atom. The predicted molar refractivity (Wildman–Crippen MR) is 95.6 cm³/mol. The second kappa shape index (κ2) is 5.49. The summed E-state index contributed by atoms with van der Waals surface area (Å²) in [6.45, 7) is 6.69. The Labute approximate surface area is 140 Å². The van der Waals surface area contributed by atoms with Crippen molar-refractivity contribution >= 4 is 48.7 Å². The molecule has 0 saturated carbocycles. The third-order valence-electron chi connectivity index (χ3n) is 3.37. The fourth-order valence-corrected chi connectivity index (χ4v) is 5.25. The van der Waals surface area contributed by atoms with Gasteiger partial charge in [0.25, 0.3) is 0 Å². The molecule has 0 nitrogen and oxygen atoms in total. The van der Waals surface area contributed by atoms with Crippen molar-refractivity contribution in [2.75, 3.05) is 0 Å². The lowest BCUT2D eigenvalue weighted by Crippen LogP contribution is -2.07. The zero-order valence-electron chi connectivity index (χ0n) is 12.1. The van der Waals surface area contributed by atoms with Crippen molar-refractivity contribution < 1.29 is 4.39 Å². The molecule has 3 rings (SSSR count). The van der Waals surface area contributed by atoms with Crippen molar-refractivity contribution in [1.29, 1.82) is 0 Å². The van der Waals surface area contributed by atoms with Gasteiger partial charge in [-0.2, -0.15) is 0 Å². The first kappa shape index (κ1) is 15.2. The van der Waals surface area contributed by atoms with E-state index in [4.69, 9.17) is 0 Å². The molecule has 0 spiro atoms. The normalized spacial score (nSPS) is 13.8. The molecule has 0 fully saturated rings.